The van der Waals surface area contributed by atoms with Crippen LogP contribution in [-0.2, 0) is 5.41 Å². The zero-order chi connectivity index (χ0) is 49.7. The van der Waals surface area contributed by atoms with Crippen LogP contribution in [0.1, 0.15) is 25.0 Å². The van der Waals surface area contributed by atoms with E-state index >= 15 is 0 Å². The lowest BCUT2D eigenvalue weighted by Gasteiger charge is -2.22. The third-order valence-corrected chi connectivity index (χ3v) is 20.8. The first-order valence-electron chi connectivity index (χ1n) is 26.2. The van der Waals surface area contributed by atoms with Crippen molar-refractivity contribution in [3.8, 4) is 33.6 Å². The van der Waals surface area contributed by atoms with E-state index in [-0.39, 0.29) is 5.41 Å². The normalized spacial score (nSPS) is 13.5. The average molecular weight is 1020 g/mol. The topological polar surface area (TPSA) is 9.86 Å². The van der Waals surface area contributed by atoms with Crippen molar-refractivity contribution in [3.05, 3.63) is 230 Å². The lowest BCUT2D eigenvalue weighted by atomic mass is 9.82. The minimum Gasteiger partial charge on any atom is -0.309 e. The van der Waals surface area contributed by atoms with Gasteiger partial charge in [0.2, 0.25) is 0 Å². The fourth-order valence-electron chi connectivity index (χ4n) is 13.8. The molecule has 1 aliphatic carbocycles. The first-order chi connectivity index (χ1) is 37.4. The van der Waals surface area contributed by atoms with Gasteiger partial charge in [-0.05, 0) is 128 Å². The van der Waals surface area contributed by atoms with Crippen molar-refractivity contribution in [3.63, 3.8) is 0 Å². The summed E-state index contributed by atoms with van der Waals surface area (Å²) >= 11 is 5.74. The van der Waals surface area contributed by atoms with E-state index in [1.807, 2.05) is 34.0 Å². The van der Waals surface area contributed by atoms with Crippen molar-refractivity contribution in [2.45, 2.75) is 19.3 Å². The second kappa shape index (κ2) is 14.8. The van der Waals surface area contributed by atoms with Crippen LogP contribution in [0.5, 0.6) is 0 Å². The van der Waals surface area contributed by atoms with Gasteiger partial charge in [0, 0.05) is 94.2 Å². The second-order valence-corrected chi connectivity index (χ2v) is 24.7. The molecule has 0 radical (unpaired) electrons. The van der Waals surface area contributed by atoms with Crippen LogP contribution in [0.25, 0.3) is 159 Å². The van der Waals surface area contributed by atoms with E-state index in [4.69, 9.17) is 0 Å². The Hall–Kier alpha value is -8.58. The molecule has 0 amide bonds. The van der Waals surface area contributed by atoms with Crippen LogP contribution < -0.4 is 0 Å². The van der Waals surface area contributed by atoms with Crippen LogP contribution in [0, 0.1) is 0 Å². The summed E-state index contributed by atoms with van der Waals surface area (Å²) in [5, 5.41) is 18.1. The van der Waals surface area contributed by atoms with E-state index in [1.54, 1.807) is 0 Å². The van der Waals surface area contributed by atoms with Crippen LogP contribution in [0.4, 0.5) is 0 Å². The van der Waals surface area contributed by atoms with Crippen molar-refractivity contribution in [1.82, 2.24) is 9.13 Å². The lowest BCUT2D eigenvalue weighted by Crippen LogP contribution is -2.15. The summed E-state index contributed by atoms with van der Waals surface area (Å²) in [6.45, 7) is 4.79. The Labute approximate surface area is 448 Å². The standard InChI is InChI=1S/C71H42N2S3/c1-71(2)57-23-10-7-16-45(57)46-30-27-43(36-58(46)71)73-59-34-41(26-29-51(59)66-48-18-5-6-19-49(48)67-52-20-9-12-25-63(52)75-70(67)68(66)73)44-21-13-22-50-56-37-61-54(38-65(56)76-69(44)50)53-32-39-14-3-4-15-40(39)33-60(53)72(61)42-28-31-64-55(35-42)47-17-8-11-24-62(47)74-64/h3-38H,1-2H3. The molecule has 18 rings (SSSR count). The van der Waals surface area contributed by atoms with Crippen molar-refractivity contribution in [2.24, 2.45) is 0 Å². The van der Waals surface area contributed by atoms with Crippen molar-refractivity contribution >= 4 is 160 Å². The van der Waals surface area contributed by atoms with Gasteiger partial charge in [-0.15, -0.1) is 34.0 Å². The van der Waals surface area contributed by atoms with Gasteiger partial charge in [-0.2, -0.15) is 0 Å². The first kappa shape index (κ1) is 41.7. The molecule has 0 atom stereocenters. The number of hydrogen-bond acceptors (Lipinski definition) is 3. The highest BCUT2D eigenvalue weighted by Crippen LogP contribution is 2.53. The van der Waals surface area contributed by atoms with Gasteiger partial charge in [0.1, 0.15) is 0 Å². The number of rotatable bonds is 3. The van der Waals surface area contributed by atoms with Crippen LogP contribution in [0.2, 0.25) is 0 Å². The maximum Gasteiger partial charge on any atom is 0.0726 e. The molecule has 0 aliphatic heterocycles. The molecule has 5 aromatic heterocycles. The average Bonchev–Trinajstić information content (AvgIpc) is 4.39. The Kier molecular flexibility index (Phi) is 8.15. The highest BCUT2D eigenvalue weighted by atomic mass is 32.1. The Morgan fingerprint density at radius 3 is 1.79 bits per heavy atom. The fraction of sp³-hybridized carbons (Fsp3) is 0.0423. The summed E-state index contributed by atoms with van der Waals surface area (Å²) in [6.07, 6.45) is 0. The maximum absolute atomic E-state index is 2.62. The molecule has 0 spiro atoms. The number of aromatic nitrogens is 2. The van der Waals surface area contributed by atoms with E-state index < -0.39 is 0 Å². The van der Waals surface area contributed by atoms with E-state index in [9.17, 15) is 0 Å². The molecule has 1 aliphatic rings. The van der Waals surface area contributed by atoms with Gasteiger partial charge in [-0.1, -0.05) is 159 Å². The van der Waals surface area contributed by atoms with Crippen molar-refractivity contribution in [2.75, 3.05) is 0 Å². The maximum atomic E-state index is 2.62. The molecule has 2 nitrogen and oxygen atoms in total. The summed E-state index contributed by atoms with van der Waals surface area (Å²) in [7, 11) is 0. The van der Waals surface area contributed by atoms with Crippen LogP contribution in [0.15, 0.2) is 218 Å². The zero-order valence-electron chi connectivity index (χ0n) is 41.4. The Morgan fingerprint density at radius 1 is 0.316 bits per heavy atom. The van der Waals surface area contributed by atoms with Crippen LogP contribution >= 0.6 is 34.0 Å². The Bertz CT molecular complexity index is 5460. The molecule has 5 heterocycles. The SMILES string of the molecule is CC1(C)c2ccccc2-c2ccc(-n3c4cc(-c5cccc6c5sc5cc7c8cc9ccccc9cc8n(-c8ccc9sc%10ccccc%10c9c8)c7cc56)ccc4c4c5ccccc5c5c6ccccc6sc5c43)cc21. The summed E-state index contributed by atoms with van der Waals surface area (Å²) in [4.78, 5) is 0. The van der Waals surface area contributed by atoms with Gasteiger partial charge >= 0.3 is 0 Å². The smallest absolute Gasteiger partial charge is 0.0726 e. The molecule has 354 valence electrons. The van der Waals surface area contributed by atoms with Gasteiger partial charge in [0.05, 0.1) is 26.8 Å². The summed E-state index contributed by atoms with van der Waals surface area (Å²) in [5.41, 5.74) is 15.2. The number of nitrogens with zero attached hydrogens (tertiary/aromatic N) is 2. The van der Waals surface area contributed by atoms with E-state index in [0.717, 1.165) is 0 Å². The minimum atomic E-state index is -0.137. The van der Waals surface area contributed by atoms with Gasteiger partial charge < -0.3 is 9.13 Å². The Balaban J connectivity index is 0.902. The summed E-state index contributed by atoms with van der Waals surface area (Å²) < 4.78 is 13.1. The molecule has 0 saturated heterocycles. The third-order valence-electron chi connectivity index (χ3n) is 17.3. The molecule has 0 bridgehead atoms. The molecule has 0 fully saturated rings. The molecular formula is C71H42N2S3. The summed E-state index contributed by atoms with van der Waals surface area (Å²) in [6, 6.07) is 83.2. The highest BCUT2D eigenvalue weighted by Gasteiger charge is 2.36. The highest BCUT2D eigenvalue weighted by molar-refractivity contribution is 7.27. The van der Waals surface area contributed by atoms with Crippen LogP contribution in [0.3, 0.4) is 0 Å². The quantitative estimate of drug-likeness (QED) is 0.167. The van der Waals surface area contributed by atoms with Crippen LogP contribution in [-0.4, -0.2) is 9.13 Å². The summed E-state index contributed by atoms with van der Waals surface area (Å²) in [5.74, 6) is 0. The molecule has 17 aromatic rings. The van der Waals surface area contributed by atoms with Crippen molar-refractivity contribution in [1.29, 1.82) is 0 Å². The monoisotopic (exact) mass is 1020 g/mol. The molecule has 76 heavy (non-hydrogen) atoms. The minimum absolute atomic E-state index is 0.137. The second-order valence-electron chi connectivity index (χ2n) is 21.5. The molecule has 12 aromatic carbocycles. The molecule has 0 saturated carbocycles. The third kappa shape index (κ3) is 5.44. The largest absolute Gasteiger partial charge is 0.309 e. The van der Waals surface area contributed by atoms with Gasteiger partial charge in [0.15, 0.2) is 0 Å². The van der Waals surface area contributed by atoms with E-state index in [1.165, 1.54) is 170 Å². The van der Waals surface area contributed by atoms with Gasteiger partial charge in [0.25, 0.3) is 0 Å². The fourth-order valence-corrected chi connectivity index (χ4v) is 17.4. The Morgan fingerprint density at radius 2 is 0.921 bits per heavy atom. The number of fused-ring (bicyclic) bond motifs is 23. The number of hydrogen-bond donors (Lipinski definition) is 0. The predicted octanol–water partition coefficient (Wildman–Crippen LogP) is 21.3. The molecule has 5 heteroatoms. The zero-order valence-corrected chi connectivity index (χ0v) is 43.9. The first-order valence-corrected chi connectivity index (χ1v) is 28.7. The van der Waals surface area contributed by atoms with Gasteiger partial charge in [-0.3, -0.25) is 0 Å². The lowest BCUT2D eigenvalue weighted by molar-refractivity contribution is 0.660. The molecular weight excluding hydrogens is 977 g/mol. The van der Waals surface area contributed by atoms with Gasteiger partial charge in [-0.25, -0.2) is 0 Å². The number of thiophene rings is 3. The molecule has 0 N–H and O–H groups in total. The number of benzene rings is 12. The van der Waals surface area contributed by atoms with E-state index in [0.29, 0.717) is 0 Å². The predicted molar refractivity (Wildman–Crippen MR) is 332 cm³/mol. The molecule has 0 unspecified atom stereocenters. The van der Waals surface area contributed by atoms with E-state index in [2.05, 4.69) is 241 Å². The van der Waals surface area contributed by atoms with Crippen molar-refractivity contribution < 1.29 is 0 Å².